The molecule has 0 radical (unpaired) electrons. The highest BCUT2D eigenvalue weighted by atomic mass is 16.3. The lowest BCUT2D eigenvalue weighted by atomic mass is 10.0. The molecule has 0 unspecified atom stereocenters. The largest absolute Gasteiger partial charge is 0.456 e. The minimum absolute atomic E-state index is 0.841. The van der Waals surface area contributed by atoms with E-state index in [2.05, 4.69) is 102 Å². The zero-order valence-electron chi connectivity index (χ0n) is 21.3. The van der Waals surface area contributed by atoms with Crippen molar-refractivity contribution < 1.29 is 8.83 Å². The smallest absolute Gasteiger partial charge is 0.136 e. The third kappa shape index (κ3) is 3.13. The van der Waals surface area contributed by atoms with E-state index in [1.54, 1.807) is 0 Å². The van der Waals surface area contributed by atoms with Gasteiger partial charge in [0.1, 0.15) is 22.3 Å². The zero-order valence-corrected chi connectivity index (χ0v) is 21.3. The van der Waals surface area contributed by atoms with Crippen LogP contribution in [-0.4, -0.2) is 9.97 Å². The fourth-order valence-electron chi connectivity index (χ4n) is 5.90. The van der Waals surface area contributed by atoms with Crippen LogP contribution in [0.3, 0.4) is 0 Å². The quantitative estimate of drug-likeness (QED) is 0.216. The van der Waals surface area contributed by atoms with Gasteiger partial charge in [0.05, 0.1) is 16.7 Å². The molecule has 186 valence electrons. The Morgan fingerprint density at radius 3 is 1.80 bits per heavy atom. The SMILES string of the molecule is c1ccc(-c2ccc3oc4cc5c(cc4c3c2)oc2ccc(-c3ccc4ccc6cccnc6c4n3)cc25)cc1. The summed E-state index contributed by atoms with van der Waals surface area (Å²) in [5, 5.41) is 6.36. The highest BCUT2D eigenvalue weighted by molar-refractivity contribution is 6.15. The first-order chi connectivity index (χ1) is 19.8. The molecule has 4 heteroatoms. The van der Waals surface area contributed by atoms with Crippen LogP contribution in [0, 0.1) is 0 Å². The van der Waals surface area contributed by atoms with Crippen LogP contribution in [0.5, 0.6) is 0 Å². The summed E-state index contributed by atoms with van der Waals surface area (Å²) in [6.07, 6.45) is 1.82. The predicted molar refractivity (Wildman–Crippen MR) is 162 cm³/mol. The third-order valence-corrected chi connectivity index (χ3v) is 7.90. The average molecular weight is 513 g/mol. The van der Waals surface area contributed by atoms with E-state index in [0.717, 1.165) is 82.5 Å². The summed E-state index contributed by atoms with van der Waals surface area (Å²) in [5.74, 6) is 0. The Bertz CT molecular complexity index is 2430. The lowest BCUT2D eigenvalue weighted by Crippen LogP contribution is -1.88. The molecule has 0 aliphatic heterocycles. The molecule has 4 aromatic heterocycles. The zero-order chi connectivity index (χ0) is 26.2. The van der Waals surface area contributed by atoms with E-state index in [-0.39, 0.29) is 0 Å². The number of nitrogens with zero attached hydrogens (tertiary/aromatic N) is 2. The molecule has 40 heavy (non-hydrogen) atoms. The Labute approximate surface area is 228 Å². The normalized spacial score (nSPS) is 12.0. The van der Waals surface area contributed by atoms with E-state index in [1.165, 1.54) is 5.56 Å². The molecule has 4 heterocycles. The molecule has 0 atom stereocenters. The van der Waals surface area contributed by atoms with Crippen molar-refractivity contribution in [3.05, 3.63) is 121 Å². The standard InChI is InChI=1S/C36H20N2O2/c1-2-5-21(6-3-1)24-11-14-31-26(17-24)28-19-34-29(20-33(28)39-31)27-18-25(12-15-32(27)40-34)30-13-10-23-9-8-22-7-4-16-37-35(22)36(23)38-30/h1-20H. The van der Waals surface area contributed by atoms with E-state index in [0.29, 0.717) is 0 Å². The summed E-state index contributed by atoms with van der Waals surface area (Å²) in [4.78, 5) is 9.65. The van der Waals surface area contributed by atoms with Crippen LogP contribution in [0.1, 0.15) is 0 Å². The Hall–Kier alpha value is -5.48. The monoisotopic (exact) mass is 512 g/mol. The molecule has 0 N–H and O–H groups in total. The van der Waals surface area contributed by atoms with Gasteiger partial charge in [0.25, 0.3) is 0 Å². The highest BCUT2D eigenvalue weighted by Gasteiger charge is 2.15. The van der Waals surface area contributed by atoms with E-state index in [4.69, 9.17) is 13.8 Å². The number of rotatable bonds is 2. The number of furan rings is 2. The second kappa shape index (κ2) is 8.01. The maximum atomic E-state index is 6.34. The summed E-state index contributed by atoms with van der Waals surface area (Å²) in [6.45, 7) is 0. The summed E-state index contributed by atoms with van der Waals surface area (Å²) in [6, 6.07) is 39.7. The van der Waals surface area contributed by atoms with E-state index in [9.17, 15) is 0 Å². The van der Waals surface area contributed by atoms with Gasteiger partial charge in [-0.3, -0.25) is 4.98 Å². The van der Waals surface area contributed by atoms with Crippen LogP contribution in [0.15, 0.2) is 130 Å². The van der Waals surface area contributed by atoms with E-state index < -0.39 is 0 Å². The van der Waals surface area contributed by atoms with Crippen molar-refractivity contribution in [1.29, 1.82) is 0 Å². The van der Waals surface area contributed by atoms with Crippen LogP contribution >= 0.6 is 0 Å². The van der Waals surface area contributed by atoms with Crippen LogP contribution in [0.25, 0.3) is 88.1 Å². The molecule has 0 aliphatic carbocycles. The number of benzene rings is 5. The second-order valence-corrected chi connectivity index (χ2v) is 10.2. The van der Waals surface area contributed by atoms with Gasteiger partial charge in [0.2, 0.25) is 0 Å². The van der Waals surface area contributed by atoms with Crippen molar-refractivity contribution >= 4 is 65.7 Å². The molecular weight excluding hydrogens is 492 g/mol. The molecule has 0 bridgehead atoms. The molecule has 0 fully saturated rings. The molecule has 0 amide bonds. The minimum atomic E-state index is 0.841. The summed E-state index contributed by atoms with van der Waals surface area (Å²) >= 11 is 0. The molecule has 0 saturated heterocycles. The van der Waals surface area contributed by atoms with Crippen molar-refractivity contribution in [3.63, 3.8) is 0 Å². The second-order valence-electron chi connectivity index (χ2n) is 10.2. The highest BCUT2D eigenvalue weighted by Crippen LogP contribution is 2.39. The number of hydrogen-bond acceptors (Lipinski definition) is 4. The topological polar surface area (TPSA) is 52.1 Å². The van der Waals surface area contributed by atoms with Crippen molar-refractivity contribution in [2.45, 2.75) is 0 Å². The summed E-state index contributed by atoms with van der Waals surface area (Å²) in [5.41, 5.74) is 9.50. The van der Waals surface area contributed by atoms with E-state index >= 15 is 0 Å². The van der Waals surface area contributed by atoms with Crippen LogP contribution in [0.4, 0.5) is 0 Å². The van der Waals surface area contributed by atoms with Gasteiger partial charge < -0.3 is 8.83 Å². The summed E-state index contributed by atoms with van der Waals surface area (Å²) in [7, 11) is 0. The van der Waals surface area contributed by atoms with Crippen LogP contribution in [-0.2, 0) is 0 Å². The average Bonchev–Trinajstić information content (AvgIpc) is 3.56. The minimum Gasteiger partial charge on any atom is -0.456 e. The molecule has 5 aromatic carbocycles. The van der Waals surface area contributed by atoms with Gasteiger partial charge in [-0.1, -0.05) is 60.7 Å². The first-order valence-corrected chi connectivity index (χ1v) is 13.3. The molecule has 9 rings (SSSR count). The fraction of sp³-hybridized carbons (Fsp3) is 0. The van der Waals surface area contributed by atoms with Crippen LogP contribution in [0.2, 0.25) is 0 Å². The van der Waals surface area contributed by atoms with Crippen molar-refractivity contribution in [1.82, 2.24) is 9.97 Å². The first kappa shape index (κ1) is 21.5. The fourth-order valence-corrected chi connectivity index (χ4v) is 5.90. The van der Waals surface area contributed by atoms with Gasteiger partial charge in [-0.25, -0.2) is 4.98 Å². The van der Waals surface area contributed by atoms with Gasteiger partial charge in [-0.15, -0.1) is 0 Å². The maximum absolute atomic E-state index is 6.34. The van der Waals surface area contributed by atoms with Gasteiger partial charge in [0, 0.05) is 44.1 Å². The van der Waals surface area contributed by atoms with Gasteiger partial charge in [-0.05, 0) is 65.7 Å². The molecule has 0 saturated carbocycles. The lowest BCUT2D eigenvalue weighted by Gasteiger charge is -2.06. The Balaban J connectivity index is 1.22. The Morgan fingerprint density at radius 2 is 1.05 bits per heavy atom. The van der Waals surface area contributed by atoms with Crippen LogP contribution < -0.4 is 0 Å². The maximum Gasteiger partial charge on any atom is 0.136 e. The molecule has 9 aromatic rings. The molecular formula is C36H20N2O2. The molecule has 0 spiro atoms. The Morgan fingerprint density at radius 1 is 0.425 bits per heavy atom. The number of hydrogen-bond donors (Lipinski definition) is 0. The van der Waals surface area contributed by atoms with Gasteiger partial charge >= 0.3 is 0 Å². The number of fused-ring (bicyclic) bond motifs is 9. The number of aromatic nitrogens is 2. The lowest BCUT2D eigenvalue weighted by molar-refractivity contribution is 0.664. The Kier molecular flexibility index (Phi) is 4.30. The van der Waals surface area contributed by atoms with Crippen molar-refractivity contribution in [2.75, 3.05) is 0 Å². The van der Waals surface area contributed by atoms with Gasteiger partial charge in [0.15, 0.2) is 0 Å². The third-order valence-electron chi connectivity index (χ3n) is 7.90. The molecule has 4 nitrogen and oxygen atoms in total. The van der Waals surface area contributed by atoms with Crippen molar-refractivity contribution in [2.24, 2.45) is 0 Å². The summed E-state index contributed by atoms with van der Waals surface area (Å²) < 4.78 is 12.7. The number of pyridine rings is 2. The van der Waals surface area contributed by atoms with E-state index in [1.807, 2.05) is 24.4 Å². The predicted octanol–water partition coefficient (Wildman–Crippen LogP) is 9.92. The van der Waals surface area contributed by atoms with Gasteiger partial charge in [-0.2, -0.15) is 0 Å². The molecule has 0 aliphatic rings. The first-order valence-electron chi connectivity index (χ1n) is 13.3. The van der Waals surface area contributed by atoms with Crippen molar-refractivity contribution in [3.8, 4) is 22.4 Å².